The number of carbonyl (C=O) groups excluding carboxylic acids is 2. The standard InChI is InChI=1S/C32H30N2O4/c1-23-12-15-27(16-13-23)37-19-18-34-29-20-26(14-17-30(29)38-22-32(34)36)33-31(35)21-28(24-8-4-2-5-9-24)25-10-6-3-7-11-25/h2-17,20,28H,18-19,21-22H2,1H3,(H,33,35). The van der Waals surface area contributed by atoms with Crippen LogP contribution >= 0.6 is 0 Å². The molecule has 0 spiro atoms. The van der Waals surface area contributed by atoms with Gasteiger partial charge in [-0.25, -0.2) is 0 Å². The van der Waals surface area contributed by atoms with Gasteiger partial charge in [-0.3, -0.25) is 9.59 Å². The Labute approximate surface area is 222 Å². The van der Waals surface area contributed by atoms with E-state index < -0.39 is 0 Å². The average Bonchev–Trinajstić information content (AvgIpc) is 2.95. The maximum absolute atomic E-state index is 13.2. The zero-order valence-electron chi connectivity index (χ0n) is 21.3. The highest BCUT2D eigenvalue weighted by Gasteiger charge is 2.26. The van der Waals surface area contributed by atoms with Gasteiger partial charge in [0.1, 0.15) is 18.1 Å². The molecule has 1 N–H and O–H groups in total. The molecule has 0 atom stereocenters. The van der Waals surface area contributed by atoms with Crippen molar-refractivity contribution in [3.63, 3.8) is 0 Å². The number of benzene rings is 4. The molecule has 38 heavy (non-hydrogen) atoms. The summed E-state index contributed by atoms with van der Waals surface area (Å²) in [5.41, 5.74) is 4.55. The third kappa shape index (κ3) is 6.03. The van der Waals surface area contributed by atoms with Gasteiger partial charge in [0.25, 0.3) is 5.91 Å². The van der Waals surface area contributed by atoms with E-state index >= 15 is 0 Å². The fourth-order valence-electron chi connectivity index (χ4n) is 4.61. The first-order valence-electron chi connectivity index (χ1n) is 12.7. The molecule has 0 fully saturated rings. The fourth-order valence-corrected chi connectivity index (χ4v) is 4.61. The molecule has 0 bridgehead atoms. The zero-order valence-corrected chi connectivity index (χ0v) is 21.3. The molecule has 192 valence electrons. The topological polar surface area (TPSA) is 67.9 Å². The highest BCUT2D eigenvalue weighted by Crippen LogP contribution is 2.35. The lowest BCUT2D eigenvalue weighted by Crippen LogP contribution is -2.41. The number of hydrogen-bond donors (Lipinski definition) is 1. The van der Waals surface area contributed by atoms with Crippen molar-refractivity contribution in [2.75, 3.05) is 30.0 Å². The lowest BCUT2D eigenvalue weighted by atomic mass is 9.88. The Bertz CT molecular complexity index is 1350. The number of anilines is 2. The Morgan fingerprint density at radius 3 is 2.24 bits per heavy atom. The molecular formula is C32H30N2O4. The lowest BCUT2D eigenvalue weighted by Gasteiger charge is -2.29. The number of nitrogens with one attached hydrogen (secondary N) is 1. The van der Waals surface area contributed by atoms with E-state index in [0.29, 0.717) is 30.3 Å². The van der Waals surface area contributed by atoms with Crippen LogP contribution in [0.25, 0.3) is 0 Å². The van der Waals surface area contributed by atoms with Gasteiger partial charge in [0.15, 0.2) is 6.61 Å². The molecule has 2 amide bonds. The molecule has 4 aromatic rings. The summed E-state index contributed by atoms with van der Waals surface area (Å²) < 4.78 is 11.5. The average molecular weight is 507 g/mol. The fraction of sp³-hybridized carbons (Fsp3) is 0.188. The summed E-state index contributed by atoms with van der Waals surface area (Å²) in [4.78, 5) is 27.5. The number of rotatable bonds is 9. The summed E-state index contributed by atoms with van der Waals surface area (Å²) in [5, 5.41) is 3.02. The van der Waals surface area contributed by atoms with Crippen molar-refractivity contribution >= 4 is 23.2 Å². The van der Waals surface area contributed by atoms with Crippen molar-refractivity contribution in [1.82, 2.24) is 0 Å². The summed E-state index contributed by atoms with van der Waals surface area (Å²) in [7, 11) is 0. The minimum Gasteiger partial charge on any atom is -0.492 e. The van der Waals surface area contributed by atoms with Gasteiger partial charge >= 0.3 is 0 Å². The number of carbonyl (C=O) groups is 2. The largest absolute Gasteiger partial charge is 0.492 e. The van der Waals surface area contributed by atoms with Gasteiger partial charge in [-0.05, 0) is 48.4 Å². The number of hydrogen-bond acceptors (Lipinski definition) is 4. The summed E-state index contributed by atoms with van der Waals surface area (Å²) >= 11 is 0. The number of aryl methyl sites for hydroxylation is 1. The van der Waals surface area contributed by atoms with Crippen molar-refractivity contribution < 1.29 is 19.1 Å². The van der Waals surface area contributed by atoms with Gasteiger partial charge in [-0.2, -0.15) is 0 Å². The van der Waals surface area contributed by atoms with Gasteiger partial charge in [0.05, 0.1) is 12.2 Å². The van der Waals surface area contributed by atoms with Crippen LogP contribution in [0.15, 0.2) is 103 Å². The monoisotopic (exact) mass is 506 g/mol. The van der Waals surface area contributed by atoms with Gasteiger partial charge in [-0.15, -0.1) is 0 Å². The highest BCUT2D eigenvalue weighted by molar-refractivity contribution is 5.99. The lowest BCUT2D eigenvalue weighted by molar-refractivity contribution is -0.121. The Morgan fingerprint density at radius 2 is 1.58 bits per heavy atom. The van der Waals surface area contributed by atoms with Gasteiger partial charge < -0.3 is 19.7 Å². The molecule has 0 radical (unpaired) electrons. The normalized spacial score (nSPS) is 12.6. The molecule has 1 heterocycles. The molecule has 1 aliphatic heterocycles. The van der Waals surface area contributed by atoms with E-state index in [0.717, 1.165) is 22.4 Å². The minimum atomic E-state index is -0.151. The quantitative estimate of drug-likeness (QED) is 0.304. The third-order valence-corrected chi connectivity index (χ3v) is 6.58. The van der Waals surface area contributed by atoms with E-state index in [1.807, 2.05) is 91.9 Å². The van der Waals surface area contributed by atoms with Crippen molar-refractivity contribution in [3.8, 4) is 11.5 Å². The van der Waals surface area contributed by atoms with Crippen molar-refractivity contribution in [1.29, 1.82) is 0 Å². The van der Waals surface area contributed by atoms with Crippen molar-refractivity contribution in [2.45, 2.75) is 19.3 Å². The van der Waals surface area contributed by atoms with Crippen LogP contribution in [-0.2, 0) is 9.59 Å². The van der Waals surface area contributed by atoms with Gasteiger partial charge in [-0.1, -0.05) is 78.4 Å². The molecule has 0 unspecified atom stereocenters. The van der Waals surface area contributed by atoms with E-state index in [1.54, 1.807) is 23.1 Å². The summed E-state index contributed by atoms with van der Waals surface area (Å²) in [6.45, 7) is 2.69. The van der Waals surface area contributed by atoms with Crippen LogP contribution < -0.4 is 19.7 Å². The van der Waals surface area contributed by atoms with E-state index in [1.165, 1.54) is 0 Å². The van der Waals surface area contributed by atoms with E-state index in [2.05, 4.69) is 5.32 Å². The summed E-state index contributed by atoms with van der Waals surface area (Å²) in [6, 6.07) is 33.2. The smallest absolute Gasteiger partial charge is 0.265 e. The van der Waals surface area contributed by atoms with Crippen LogP contribution in [0.2, 0.25) is 0 Å². The second-order valence-corrected chi connectivity index (χ2v) is 9.30. The number of amides is 2. The maximum Gasteiger partial charge on any atom is 0.265 e. The second-order valence-electron chi connectivity index (χ2n) is 9.30. The van der Waals surface area contributed by atoms with Crippen LogP contribution in [0, 0.1) is 6.92 Å². The van der Waals surface area contributed by atoms with Gasteiger partial charge in [0, 0.05) is 18.0 Å². The third-order valence-electron chi connectivity index (χ3n) is 6.58. The highest BCUT2D eigenvalue weighted by atomic mass is 16.5. The zero-order chi connectivity index (χ0) is 26.3. The minimum absolute atomic E-state index is 0.0287. The maximum atomic E-state index is 13.2. The van der Waals surface area contributed by atoms with Crippen molar-refractivity contribution in [3.05, 3.63) is 120 Å². The number of fused-ring (bicyclic) bond motifs is 1. The summed E-state index contributed by atoms with van der Waals surface area (Å²) in [5.74, 6) is 1.02. The molecule has 5 rings (SSSR count). The Hall–Kier alpha value is -4.58. The molecule has 4 aromatic carbocycles. The first kappa shape index (κ1) is 25.1. The molecular weight excluding hydrogens is 476 g/mol. The molecule has 0 saturated heterocycles. The molecule has 0 saturated carbocycles. The van der Waals surface area contributed by atoms with E-state index in [4.69, 9.17) is 9.47 Å². The molecule has 1 aliphatic rings. The van der Waals surface area contributed by atoms with Crippen LogP contribution in [-0.4, -0.2) is 31.6 Å². The number of nitrogens with zero attached hydrogens (tertiary/aromatic N) is 1. The van der Waals surface area contributed by atoms with Gasteiger partial charge in [0.2, 0.25) is 5.91 Å². The predicted octanol–water partition coefficient (Wildman–Crippen LogP) is 5.96. The van der Waals surface area contributed by atoms with E-state index in [-0.39, 0.29) is 30.8 Å². The van der Waals surface area contributed by atoms with E-state index in [9.17, 15) is 9.59 Å². The van der Waals surface area contributed by atoms with Crippen molar-refractivity contribution in [2.24, 2.45) is 0 Å². The molecule has 0 aliphatic carbocycles. The first-order valence-corrected chi connectivity index (χ1v) is 12.7. The van der Waals surface area contributed by atoms with Crippen LogP contribution in [0.1, 0.15) is 29.0 Å². The number of ether oxygens (including phenoxy) is 2. The van der Waals surface area contributed by atoms with Crippen LogP contribution in [0.5, 0.6) is 11.5 Å². The summed E-state index contributed by atoms with van der Waals surface area (Å²) in [6.07, 6.45) is 0.286. The van der Waals surface area contributed by atoms with Crippen LogP contribution in [0.3, 0.4) is 0 Å². The Kier molecular flexibility index (Phi) is 7.69. The molecule has 6 nitrogen and oxygen atoms in total. The SMILES string of the molecule is Cc1ccc(OCCN2C(=O)COc3ccc(NC(=O)CC(c4ccccc4)c4ccccc4)cc32)cc1. The Balaban J connectivity index is 1.29. The second kappa shape index (κ2) is 11.6. The molecule has 0 aromatic heterocycles. The predicted molar refractivity (Wildman–Crippen MR) is 149 cm³/mol. The first-order chi connectivity index (χ1) is 18.6. The Morgan fingerprint density at radius 1 is 0.921 bits per heavy atom. The molecule has 6 heteroatoms. The van der Waals surface area contributed by atoms with Crippen LogP contribution in [0.4, 0.5) is 11.4 Å².